The van der Waals surface area contributed by atoms with Crippen molar-refractivity contribution in [3.05, 3.63) is 70.2 Å². The van der Waals surface area contributed by atoms with Gasteiger partial charge in [0.15, 0.2) is 5.58 Å². The number of carbonyl (C=O) groups is 1. The smallest absolute Gasteiger partial charge is 0.259 e. The highest BCUT2D eigenvalue weighted by atomic mass is 79.9. The van der Waals surface area contributed by atoms with Gasteiger partial charge in [0.1, 0.15) is 17.0 Å². The van der Waals surface area contributed by atoms with Crippen molar-refractivity contribution < 1.29 is 18.7 Å². The van der Waals surface area contributed by atoms with Crippen LogP contribution in [0.25, 0.3) is 22.6 Å². The molecule has 0 aliphatic carbocycles. The number of methoxy groups -OCH3 is 2. The molecule has 30 heavy (non-hydrogen) atoms. The van der Waals surface area contributed by atoms with E-state index in [0.29, 0.717) is 39.7 Å². The summed E-state index contributed by atoms with van der Waals surface area (Å²) in [6.45, 7) is 1.89. The number of amides is 1. The number of halogens is 1. The lowest BCUT2D eigenvalue weighted by Gasteiger charge is -2.13. The van der Waals surface area contributed by atoms with Crippen LogP contribution in [-0.4, -0.2) is 25.1 Å². The fourth-order valence-electron chi connectivity index (χ4n) is 3.26. The quantitative estimate of drug-likeness (QED) is 0.400. The summed E-state index contributed by atoms with van der Waals surface area (Å²) in [5.74, 6) is 1.45. The third-order valence-corrected chi connectivity index (χ3v) is 5.11. The Morgan fingerprint density at radius 1 is 1.07 bits per heavy atom. The summed E-state index contributed by atoms with van der Waals surface area (Å²) in [6.07, 6.45) is 0. The second-order valence-corrected chi connectivity index (χ2v) is 7.61. The minimum Gasteiger partial charge on any atom is -0.497 e. The Balaban J connectivity index is 1.64. The average Bonchev–Trinajstić information content (AvgIpc) is 3.16. The molecular formula is C23H19BrN2O4. The molecule has 0 unspecified atom stereocenters. The molecule has 0 saturated carbocycles. The largest absolute Gasteiger partial charge is 0.497 e. The van der Waals surface area contributed by atoms with Gasteiger partial charge in [-0.2, -0.15) is 0 Å². The van der Waals surface area contributed by atoms with Crippen LogP contribution in [0.4, 0.5) is 5.69 Å². The highest BCUT2D eigenvalue weighted by Crippen LogP contribution is 2.30. The maximum atomic E-state index is 12.9. The third kappa shape index (κ3) is 3.89. The highest BCUT2D eigenvalue weighted by Gasteiger charge is 2.17. The van der Waals surface area contributed by atoms with Crippen molar-refractivity contribution in [1.82, 2.24) is 4.98 Å². The van der Waals surface area contributed by atoms with Crippen LogP contribution in [0.5, 0.6) is 11.5 Å². The summed E-state index contributed by atoms with van der Waals surface area (Å²) < 4.78 is 17.3. The minimum absolute atomic E-state index is 0.268. The number of benzene rings is 3. The van der Waals surface area contributed by atoms with E-state index in [1.165, 1.54) is 0 Å². The highest BCUT2D eigenvalue weighted by molar-refractivity contribution is 9.10. The van der Waals surface area contributed by atoms with Gasteiger partial charge in [-0.3, -0.25) is 4.79 Å². The van der Waals surface area contributed by atoms with Gasteiger partial charge in [-0.15, -0.1) is 0 Å². The summed E-state index contributed by atoms with van der Waals surface area (Å²) in [5.41, 5.74) is 4.05. The molecule has 7 heteroatoms. The summed E-state index contributed by atoms with van der Waals surface area (Å²) in [5, 5.41) is 2.92. The van der Waals surface area contributed by atoms with Gasteiger partial charge in [0.2, 0.25) is 5.89 Å². The van der Waals surface area contributed by atoms with Crippen LogP contribution in [-0.2, 0) is 0 Å². The third-order valence-electron chi connectivity index (χ3n) is 4.65. The fourth-order valence-corrected chi connectivity index (χ4v) is 3.83. The van der Waals surface area contributed by atoms with Crippen LogP contribution in [0.15, 0.2) is 63.5 Å². The minimum atomic E-state index is -0.268. The molecule has 152 valence electrons. The molecule has 1 aromatic heterocycles. The molecule has 4 aromatic rings. The Morgan fingerprint density at radius 2 is 1.90 bits per heavy atom. The number of nitrogens with zero attached hydrogens (tertiary/aromatic N) is 1. The summed E-state index contributed by atoms with van der Waals surface area (Å²) in [6, 6.07) is 16.4. The number of aryl methyl sites for hydroxylation is 1. The lowest BCUT2D eigenvalue weighted by atomic mass is 10.1. The van der Waals surface area contributed by atoms with E-state index in [1.807, 2.05) is 55.5 Å². The molecule has 1 amide bonds. The van der Waals surface area contributed by atoms with Crippen molar-refractivity contribution in [1.29, 1.82) is 0 Å². The number of rotatable bonds is 5. The Bertz CT molecular complexity index is 1250. The van der Waals surface area contributed by atoms with Crippen LogP contribution in [0.3, 0.4) is 0 Å². The van der Waals surface area contributed by atoms with Gasteiger partial charge in [-0.1, -0.05) is 22.0 Å². The molecule has 0 aliphatic rings. The van der Waals surface area contributed by atoms with E-state index in [2.05, 4.69) is 26.2 Å². The van der Waals surface area contributed by atoms with Crippen molar-refractivity contribution in [3.8, 4) is 23.0 Å². The molecule has 3 aromatic carbocycles. The molecule has 0 radical (unpaired) electrons. The first-order valence-electron chi connectivity index (χ1n) is 9.19. The molecule has 0 spiro atoms. The lowest BCUT2D eigenvalue weighted by Crippen LogP contribution is -2.14. The van der Waals surface area contributed by atoms with Crippen molar-refractivity contribution in [2.24, 2.45) is 0 Å². The topological polar surface area (TPSA) is 73.6 Å². The molecule has 0 bridgehead atoms. The molecule has 0 aliphatic heterocycles. The summed E-state index contributed by atoms with van der Waals surface area (Å²) in [7, 11) is 3.16. The van der Waals surface area contributed by atoms with E-state index in [4.69, 9.17) is 13.9 Å². The van der Waals surface area contributed by atoms with Crippen molar-refractivity contribution >= 4 is 38.6 Å². The molecule has 4 rings (SSSR count). The first-order valence-corrected chi connectivity index (χ1v) is 9.98. The van der Waals surface area contributed by atoms with E-state index in [-0.39, 0.29) is 5.91 Å². The number of hydrogen-bond donors (Lipinski definition) is 1. The molecule has 1 heterocycles. The SMILES string of the molecule is COc1ccc2oc(-c3cccc(NC(=O)c4cc(Br)cc(C)c4OC)c3)nc2c1. The van der Waals surface area contributed by atoms with Crippen LogP contribution in [0.2, 0.25) is 0 Å². The first kappa shape index (κ1) is 20.0. The van der Waals surface area contributed by atoms with Crippen LogP contribution >= 0.6 is 15.9 Å². The zero-order valence-corrected chi connectivity index (χ0v) is 18.2. The second-order valence-electron chi connectivity index (χ2n) is 6.69. The van der Waals surface area contributed by atoms with Crippen LogP contribution < -0.4 is 14.8 Å². The maximum absolute atomic E-state index is 12.9. The number of ether oxygens (including phenoxy) is 2. The normalized spacial score (nSPS) is 10.8. The maximum Gasteiger partial charge on any atom is 0.259 e. The predicted octanol–water partition coefficient (Wildman–Crippen LogP) is 5.84. The molecule has 6 nitrogen and oxygen atoms in total. The molecule has 0 saturated heterocycles. The number of carbonyl (C=O) groups excluding carboxylic acids is 1. The Labute approximate surface area is 182 Å². The van der Waals surface area contributed by atoms with E-state index in [9.17, 15) is 4.79 Å². The predicted molar refractivity (Wildman–Crippen MR) is 119 cm³/mol. The fraction of sp³-hybridized carbons (Fsp3) is 0.130. The Morgan fingerprint density at radius 3 is 2.67 bits per heavy atom. The van der Waals surface area contributed by atoms with E-state index >= 15 is 0 Å². The van der Waals surface area contributed by atoms with Gasteiger partial charge in [-0.05, 0) is 55.0 Å². The number of hydrogen-bond acceptors (Lipinski definition) is 5. The summed E-state index contributed by atoms with van der Waals surface area (Å²) >= 11 is 3.43. The van der Waals surface area contributed by atoms with E-state index < -0.39 is 0 Å². The van der Waals surface area contributed by atoms with Gasteiger partial charge >= 0.3 is 0 Å². The number of nitrogens with one attached hydrogen (secondary N) is 1. The van der Waals surface area contributed by atoms with Crippen molar-refractivity contribution in [3.63, 3.8) is 0 Å². The lowest BCUT2D eigenvalue weighted by molar-refractivity contribution is 0.102. The van der Waals surface area contributed by atoms with E-state index in [1.54, 1.807) is 20.3 Å². The van der Waals surface area contributed by atoms with Gasteiger partial charge in [-0.25, -0.2) is 4.98 Å². The van der Waals surface area contributed by atoms with Gasteiger partial charge < -0.3 is 19.2 Å². The molecule has 0 fully saturated rings. The second kappa shape index (κ2) is 8.20. The van der Waals surface area contributed by atoms with Crippen LogP contribution in [0, 0.1) is 6.92 Å². The number of aromatic nitrogens is 1. The Hall–Kier alpha value is -3.32. The number of anilines is 1. The average molecular weight is 467 g/mol. The van der Waals surface area contributed by atoms with Gasteiger partial charge in [0, 0.05) is 21.8 Å². The molecule has 0 atom stereocenters. The van der Waals surface area contributed by atoms with Crippen LogP contribution in [0.1, 0.15) is 15.9 Å². The Kier molecular flexibility index (Phi) is 5.46. The summed E-state index contributed by atoms with van der Waals surface area (Å²) in [4.78, 5) is 17.4. The molecule has 1 N–H and O–H groups in total. The van der Waals surface area contributed by atoms with E-state index in [0.717, 1.165) is 15.6 Å². The van der Waals surface area contributed by atoms with Gasteiger partial charge in [0.25, 0.3) is 5.91 Å². The number of fused-ring (bicyclic) bond motifs is 1. The monoisotopic (exact) mass is 466 g/mol. The zero-order chi connectivity index (χ0) is 21.3. The van der Waals surface area contributed by atoms with Crippen molar-refractivity contribution in [2.75, 3.05) is 19.5 Å². The number of oxazole rings is 1. The van der Waals surface area contributed by atoms with Crippen molar-refractivity contribution in [2.45, 2.75) is 6.92 Å². The zero-order valence-electron chi connectivity index (χ0n) is 16.7. The standard InChI is InChI=1S/C23H19BrN2O4/c1-13-9-15(24)11-18(21(13)29-3)22(27)25-16-6-4-5-14(10-16)23-26-19-12-17(28-2)7-8-20(19)30-23/h4-12H,1-3H3,(H,25,27). The van der Waals surface area contributed by atoms with Gasteiger partial charge in [0.05, 0.1) is 19.8 Å². The molecular weight excluding hydrogens is 448 g/mol. The first-order chi connectivity index (χ1) is 14.5.